The first-order chi connectivity index (χ1) is 5.86. The van der Waals surface area contributed by atoms with Gasteiger partial charge in [0.25, 0.3) is 0 Å². The van der Waals surface area contributed by atoms with E-state index in [-0.39, 0.29) is 0 Å². The Morgan fingerprint density at radius 2 is 2.08 bits per heavy atom. The van der Waals surface area contributed by atoms with Crippen molar-refractivity contribution in [2.24, 2.45) is 5.73 Å². The van der Waals surface area contributed by atoms with Gasteiger partial charge in [0.15, 0.2) is 0 Å². The molecule has 0 bridgehead atoms. The molecule has 3 N–H and O–H groups in total. The predicted molar refractivity (Wildman–Crippen MR) is 52.2 cm³/mol. The largest absolute Gasteiger partial charge is 0.330 e. The Hall–Kier alpha value is -0.120. The van der Waals surface area contributed by atoms with Crippen molar-refractivity contribution >= 4 is 0 Å². The molecular weight excluding hydrogens is 150 g/mol. The predicted octanol–water partition coefficient (Wildman–Crippen LogP) is 0.0190. The van der Waals surface area contributed by atoms with Crippen molar-refractivity contribution in [2.45, 2.75) is 25.3 Å². The molecule has 0 atom stereocenters. The van der Waals surface area contributed by atoms with Gasteiger partial charge in [0.05, 0.1) is 0 Å². The molecule has 12 heavy (non-hydrogen) atoms. The Bertz CT molecular complexity index is 108. The van der Waals surface area contributed by atoms with Gasteiger partial charge in [-0.3, -0.25) is 0 Å². The summed E-state index contributed by atoms with van der Waals surface area (Å²) in [5, 5.41) is 3.33. The smallest absolute Gasteiger partial charge is 0.00884 e. The highest BCUT2D eigenvalue weighted by molar-refractivity contribution is 4.75. The van der Waals surface area contributed by atoms with Gasteiger partial charge in [-0.2, -0.15) is 0 Å². The molecule has 0 saturated carbocycles. The second kappa shape index (κ2) is 5.51. The molecule has 0 unspecified atom stereocenters. The van der Waals surface area contributed by atoms with E-state index < -0.39 is 0 Å². The van der Waals surface area contributed by atoms with Crippen LogP contribution < -0.4 is 11.1 Å². The minimum Gasteiger partial charge on any atom is -0.330 e. The van der Waals surface area contributed by atoms with Gasteiger partial charge in [-0.1, -0.05) is 0 Å². The molecule has 1 saturated heterocycles. The van der Waals surface area contributed by atoms with E-state index in [9.17, 15) is 0 Å². The van der Waals surface area contributed by atoms with Crippen LogP contribution in [-0.4, -0.2) is 44.2 Å². The molecule has 0 aliphatic carbocycles. The highest BCUT2D eigenvalue weighted by Crippen LogP contribution is 2.09. The molecule has 0 aromatic heterocycles. The molecule has 1 fully saturated rings. The van der Waals surface area contributed by atoms with Gasteiger partial charge in [-0.25, -0.2) is 0 Å². The summed E-state index contributed by atoms with van der Waals surface area (Å²) in [6, 6.07) is 0.749. The van der Waals surface area contributed by atoms with Crippen LogP contribution in [0.2, 0.25) is 0 Å². The fraction of sp³-hybridized carbons (Fsp3) is 1.00. The van der Waals surface area contributed by atoms with Crippen LogP contribution >= 0.6 is 0 Å². The van der Waals surface area contributed by atoms with Crippen LogP contribution in [0.5, 0.6) is 0 Å². The Kier molecular flexibility index (Phi) is 4.58. The van der Waals surface area contributed by atoms with E-state index in [1.807, 2.05) is 0 Å². The minimum atomic E-state index is 0.749. The van der Waals surface area contributed by atoms with Crippen LogP contribution in [0, 0.1) is 0 Å². The van der Waals surface area contributed by atoms with Crippen LogP contribution in [-0.2, 0) is 0 Å². The number of hydrogen-bond donors (Lipinski definition) is 2. The van der Waals surface area contributed by atoms with Crippen molar-refractivity contribution in [1.29, 1.82) is 0 Å². The van der Waals surface area contributed by atoms with Crippen molar-refractivity contribution in [2.75, 3.05) is 33.2 Å². The molecule has 3 heteroatoms. The van der Waals surface area contributed by atoms with Crippen molar-refractivity contribution in [1.82, 2.24) is 10.2 Å². The van der Waals surface area contributed by atoms with Gasteiger partial charge in [0.2, 0.25) is 0 Å². The maximum atomic E-state index is 5.46. The molecule has 0 amide bonds. The summed E-state index contributed by atoms with van der Waals surface area (Å²) in [6.45, 7) is 4.50. The third-order valence-corrected chi connectivity index (χ3v) is 2.67. The fourth-order valence-electron chi connectivity index (χ4n) is 1.76. The van der Waals surface area contributed by atoms with E-state index in [2.05, 4.69) is 17.3 Å². The van der Waals surface area contributed by atoms with Gasteiger partial charge in [-0.15, -0.1) is 0 Å². The Morgan fingerprint density at radius 3 is 2.58 bits per heavy atom. The van der Waals surface area contributed by atoms with Gasteiger partial charge in [0, 0.05) is 6.04 Å². The number of nitrogens with two attached hydrogens (primary N) is 1. The Balaban J connectivity index is 2.09. The first-order valence-corrected chi connectivity index (χ1v) is 4.96. The van der Waals surface area contributed by atoms with E-state index in [1.54, 1.807) is 0 Å². The third kappa shape index (κ3) is 3.09. The first-order valence-electron chi connectivity index (χ1n) is 4.96. The summed E-state index contributed by atoms with van der Waals surface area (Å²) in [6.07, 6.45) is 3.73. The lowest BCUT2D eigenvalue weighted by molar-refractivity contribution is 0.201. The van der Waals surface area contributed by atoms with Crippen LogP contribution in [0.4, 0.5) is 0 Å². The zero-order valence-corrected chi connectivity index (χ0v) is 8.05. The molecule has 0 aromatic carbocycles. The van der Waals surface area contributed by atoms with Gasteiger partial charge in [0.1, 0.15) is 0 Å². The maximum absolute atomic E-state index is 5.46. The molecule has 1 heterocycles. The summed E-state index contributed by atoms with van der Waals surface area (Å²) >= 11 is 0. The topological polar surface area (TPSA) is 41.3 Å². The molecule has 1 aliphatic rings. The van der Waals surface area contributed by atoms with E-state index >= 15 is 0 Å². The average Bonchev–Trinajstić information content (AvgIpc) is 2.15. The minimum absolute atomic E-state index is 0.749. The quantitative estimate of drug-likeness (QED) is 0.626. The van der Waals surface area contributed by atoms with Crippen LogP contribution in [0.3, 0.4) is 0 Å². The Labute approximate surface area is 75.3 Å². The van der Waals surface area contributed by atoms with Crippen molar-refractivity contribution < 1.29 is 0 Å². The highest BCUT2D eigenvalue weighted by atomic mass is 15.1. The Morgan fingerprint density at radius 1 is 1.42 bits per heavy atom. The van der Waals surface area contributed by atoms with Crippen LogP contribution in [0.15, 0.2) is 0 Å². The normalized spacial score (nSPS) is 21.5. The summed E-state index contributed by atoms with van der Waals surface area (Å²) in [5.74, 6) is 0. The summed E-state index contributed by atoms with van der Waals surface area (Å²) in [5.41, 5.74) is 5.46. The summed E-state index contributed by atoms with van der Waals surface area (Å²) in [7, 11) is 2.06. The van der Waals surface area contributed by atoms with Crippen molar-refractivity contribution in [3.05, 3.63) is 0 Å². The van der Waals surface area contributed by atoms with Gasteiger partial charge >= 0.3 is 0 Å². The lowest BCUT2D eigenvalue weighted by atomic mass is 10.1. The molecule has 3 nitrogen and oxygen atoms in total. The number of hydrogen-bond acceptors (Lipinski definition) is 3. The second-order valence-electron chi connectivity index (χ2n) is 3.55. The number of nitrogens with zero attached hydrogens (tertiary/aromatic N) is 1. The standard InChI is InChI=1S/C9H21N3/c1-11-9-3-7-12(8-4-9)6-2-5-10/h9,11H,2-8,10H2,1H3. The highest BCUT2D eigenvalue weighted by Gasteiger charge is 2.16. The second-order valence-corrected chi connectivity index (χ2v) is 3.55. The molecule has 1 rings (SSSR count). The molecule has 0 radical (unpaired) electrons. The third-order valence-electron chi connectivity index (χ3n) is 2.67. The number of nitrogens with one attached hydrogen (secondary N) is 1. The summed E-state index contributed by atoms with van der Waals surface area (Å²) < 4.78 is 0. The number of likely N-dealkylation sites (tertiary alicyclic amines) is 1. The van der Waals surface area contributed by atoms with E-state index in [4.69, 9.17) is 5.73 Å². The number of rotatable bonds is 4. The molecule has 0 spiro atoms. The van der Waals surface area contributed by atoms with Gasteiger partial charge < -0.3 is 16.0 Å². The number of piperidine rings is 1. The van der Waals surface area contributed by atoms with Crippen LogP contribution in [0.1, 0.15) is 19.3 Å². The lowest BCUT2D eigenvalue weighted by Crippen LogP contribution is -2.41. The molecule has 0 aromatic rings. The molecule has 1 aliphatic heterocycles. The van der Waals surface area contributed by atoms with E-state index in [0.717, 1.165) is 19.0 Å². The van der Waals surface area contributed by atoms with E-state index in [1.165, 1.54) is 32.5 Å². The molecule has 72 valence electrons. The maximum Gasteiger partial charge on any atom is 0.00884 e. The van der Waals surface area contributed by atoms with E-state index in [0.29, 0.717) is 0 Å². The van der Waals surface area contributed by atoms with Crippen molar-refractivity contribution in [3.63, 3.8) is 0 Å². The van der Waals surface area contributed by atoms with Crippen molar-refractivity contribution in [3.8, 4) is 0 Å². The monoisotopic (exact) mass is 171 g/mol. The summed E-state index contributed by atoms with van der Waals surface area (Å²) in [4.78, 5) is 2.51. The van der Waals surface area contributed by atoms with Gasteiger partial charge in [-0.05, 0) is 52.5 Å². The lowest BCUT2D eigenvalue weighted by Gasteiger charge is -2.31. The first kappa shape index (κ1) is 9.96. The average molecular weight is 171 g/mol. The zero-order chi connectivity index (χ0) is 8.81. The SMILES string of the molecule is CNC1CCN(CCCN)CC1. The molecular formula is C9H21N3. The fourth-order valence-corrected chi connectivity index (χ4v) is 1.76. The zero-order valence-electron chi connectivity index (χ0n) is 8.05. The van der Waals surface area contributed by atoms with Crippen LogP contribution in [0.25, 0.3) is 0 Å².